The predicted molar refractivity (Wildman–Crippen MR) is 146 cm³/mol. The van der Waals surface area contributed by atoms with Gasteiger partial charge in [-0.3, -0.25) is 4.79 Å². The van der Waals surface area contributed by atoms with Crippen LogP contribution in [0.2, 0.25) is 0 Å². The Morgan fingerprint density at radius 2 is 1.83 bits per heavy atom. The van der Waals surface area contributed by atoms with E-state index in [4.69, 9.17) is 10.5 Å². The van der Waals surface area contributed by atoms with Crippen molar-refractivity contribution < 1.29 is 27.5 Å². The Morgan fingerprint density at radius 1 is 1.10 bits per heavy atom. The highest BCUT2D eigenvalue weighted by Gasteiger charge is 2.49. The van der Waals surface area contributed by atoms with Gasteiger partial charge in [-0.1, -0.05) is 11.3 Å². The molecule has 2 aliphatic heterocycles. The van der Waals surface area contributed by atoms with Crippen LogP contribution in [-0.4, -0.2) is 55.2 Å². The van der Waals surface area contributed by atoms with Gasteiger partial charge in [-0.25, -0.2) is 19.3 Å². The molecule has 5 heterocycles. The monoisotopic (exact) mass is 585 g/mol. The third-order valence-corrected chi connectivity index (χ3v) is 8.31. The number of halogens is 3. The van der Waals surface area contributed by atoms with Crippen LogP contribution in [0.25, 0.3) is 26.8 Å². The summed E-state index contributed by atoms with van der Waals surface area (Å²) in [4.78, 5) is 36.0. The first-order valence-corrected chi connectivity index (χ1v) is 13.7. The standard InChI is InChI=1S/C27H26F3N7O3S/c1-25(2,3)40-24(39)36-8-6-26(7-9-36)16-10-14(4-5-18(16)34-22(26)38)21-35-37-19(13-33-23(37)41-21)15-11-17(27(28,29)30)20(31)32-12-15/h4-5,10-13H,6-9H2,1-3H3,(H2,31,32)(H,34,38). The normalized spacial score (nSPS) is 16.7. The molecule has 1 spiro atoms. The number of ether oxygens (including phenoxy) is 1. The SMILES string of the molecule is CC(C)(C)OC(=O)N1CCC2(CC1)C(=O)Nc1ccc(-c3nn4c(-c5cnc(N)c(C(F)(F)F)c5)cnc4s3)cc12. The van der Waals surface area contributed by atoms with Crippen LogP contribution in [-0.2, 0) is 21.1 Å². The van der Waals surface area contributed by atoms with E-state index in [1.165, 1.54) is 28.2 Å². The third-order valence-electron chi connectivity index (χ3n) is 7.34. The van der Waals surface area contributed by atoms with Crippen LogP contribution in [0.3, 0.4) is 0 Å². The minimum Gasteiger partial charge on any atom is -0.444 e. The maximum atomic E-state index is 13.4. The number of nitrogens with two attached hydrogens (primary N) is 1. The number of pyridine rings is 1. The number of nitrogens with zero attached hydrogens (tertiary/aromatic N) is 5. The summed E-state index contributed by atoms with van der Waals surface area (Å²) in [7, 11) is 0. The van der Waals surface area contributed by atoms with Crippen molar-refractivity contribution in [3.05, 3.63) is 47.8 Å². The van der Waals surface area contributed by atoms with E-state index in [-0.39, 0.29) is 11.5 Å². The van der Waals surface area contributed by atoms with Crippen LogP contribution in [0.4, 0.5) is 29.5 Å². The van der Waals surface area contributed by atoms with Gasteiger partial charge in [-0.05, 0) is 63.4 Å². The summed E-state index contributed by atoms with van der Waals surface area (Å²) < 4.78 is 47.2. The molecule has 14 heteroatoms. The van der Waals surface area contributed by atoms with Gasteiger partial charge in [0.05, 0.1) is 22.9 Å². The number of hydrogen-bond acceptors (Lipinski definition) is 8. The second kappa shape index (κ2) is 9.16. The molecule has 6 rings (SSSR count). The van der Waals surface area contributed by atoms with Gasteiger partial charge in [0.15, 0.2) is 0 Å². The number of rotatable bonds is 2. The summed E-state index contributed by atoms with van der Waals surface area (Å²) in [5.41, 5.74) is 5.81. The van der Waals surface area contributed by atoms with Crippen molar-refractivity contribution in [1.29, 1.82) is 0 Å². The molecule has 3 N–H and O–H groups in total. The highest BCUT2D eigenvalue weighted by atomic mass is 32.1. The van der Waals surface area contributed by atoms with Crippen LogP contribution in [0.5, 0.6) is 0 Å². The lowest BCUT2D eigenvalue weighted by Gasteiger charge is -2.38. The number of alkyl halides is 3. The first kappa shape index (κ1) is 27.0. The van der Waals surface area contributed by atoms with Crippen LogP contribution in [0, 0.1) is 0 Å². The molecule has 1 aromatic carbocycles. The number of imidazole rings is 1. The average Bonchev–Trinajstić information content (AvgIpc) is 3.55. The Balaban J connectivity index is 1.31. The van der Waals surface area contributed by atoms with Gasteiger partial charge in [0.1, 0.15) is 16.4 Å². The van der Waals surface area contributed by atoms with Gasteiger partial charge in [0.25, 0.3) is 0 Å². The Hall–Kier alpha value is -4.20. The summed E-state index contributed by atoms with van der Waals surface area (Å²) in [6, 6.07) is 6.51. The maximum Gasteiger partial charge on any atom is 0.419 e. The lowest BCUT2D eigenvalue weighted by molar-refractivity contribution is -0.137. The number of hydrogen-bond donors (Lipinski definition) is 2. The van der Waals surface area contributed by atoms with E-state index in [0.717, 1.165) is 17.2 Å². The molecule has 10 nitrogen and oxygen atoms in total. The number of benzene rings is 1. The minimum absolute atomic E-state index is 0.110. The van der Waals surface area contributed by atoms with Gasteiger partial charge in [-0.15, -0.1) is 0 Å². The van der Waals surface area contributed by atoms with Crippen LogP contribution in [0.1, 0.15) is 44.7 Å². The second-order valence-corrected chi connectivity index (χ2v) is 12.1. The number of carbonyl (C=O) groups is 2. The van der Waals surface area contributed by atoms with E-state index < -0.39 is 34.7 Å². The Bertz CT molecular complexity index is 1700. The summed E-state index contributed by atoms with van der Waals surface area (Å²) in [5, 5.41) is 8.20. The minimum atomic E-state index is -4.65. The van der Waals surface area contributed by atoms with Crippen molar-refractivity contribution in [1.82, 2.24) is 24.5 Å². The predicted octanol–water partition coefficient (Wildman–Crippen LogP) is 5.34. The topological polar surface area (TPSA) is 128 Å². The van der Waals surface area contributed by atoms with E-state index in [0.29, 0.717) is 47.3 Å². The van der Waals surface area contributed by atoms with Crippen molar-refractivity contribution >= 4 is 39.8 Å². The lowest BCUT2D eigenvalue weighted by Crippen LogP contribution is -2.49. The molecule has 1 fully saturated rings. The Kier molecular flexibility index (Phi) is 6.03. The zero-order valence-electron chi connectivity index (χ0n) is 22.4. The number of fused-ring (bicyclic) bond motifs is 3. The van der Waals surface area contributed by atoms with Gasteiger partial charge in [0.2, 0.25) is 10.9 Å². The van der Waals surface area contributed by atoms with E-state index in [9.17, 15) is 22.8 Å². The Labute approximate surface area is 236 Å². The van der Waals surface area contributed by atoms with E-state index in [2.05, 4.69) is 20.4 Å². The molecule has 2 amide bonds. The summed E-state index contributed by atoms with van der Waals surface area (Å²) in [6.45, 7) is 6.17. The molecule has 0 radical (unpaired) electrons. The molecule has 0 bridgehead atoms. The molecular weight excluding hydrogens is 559 g/mol. The van der Waals surface area contributed by atoms with Crippen molar-refractivity contribution in [2.45, 2.75) is 50.8 Å². The fourth-order valence-electron chi connectivity index (χ4n) is 5.29. The van der Waals surface area contributed by atoms with Crippen LogP contribution < -0.4 is 11.1 Å². The van der Waals surface area contributed by atoms with E-state index >= 15 is 0 Å². The van der Waals surface area contributed by atoms with Gasteiger partial charge in [0, 0.05) is 36.1 Å². The molecule has 214 valence electrons. The zero-order valence-corrected chi connectivity index (χ0v) is 23.2. The second-order valence-electron chi connectivity index (χ2n) is 11.2. The van der Waals surface area contributed by atoms with E-state index in [1.54, 1.807) is 4.90 Å². The maximum absolute atomic E-state index is 13.4. The number of carbonyl (C=O) groups excluding carboxylic acids is 2. The van der Waals surface area contributed by atoms with Crippen molar-refractivity contribution in [3.8, 4) is 21.8 Å². The number of piperidine rings is 1. The summed E-state index contributed by atoms with van der Waals surface area (Å²) in [6.07, 6.45) is -1.49. The molecule has 0 unspecified atom stereocenters. The molecule has 2 aliphatic rings. The number of anilines is 2. The zero-order chi connectivity index (χ0) is 29.3. The van der Waals surface area contributed by atoms with Crippen LogP contribution in [0.15, 0.2) is 36.7 Å². The molecule has 0 aliphatic carbocycles. The van der Waals surface area contributed by atoms with Crippen molar-refractivity contribution in [2.75, 3.05) is 24.1 Å². The van der Waals surface area contributed by atoms with Crippen molar-refractivity contribution in [3.63, 3.8) is 0 Å². The fraction of sp³-hybridized carbons (Fsp3) is 0.370. The highest BCUT2D eigenvalue weighted by Crippen LogP contribution is 2.47. The molecule has 0 atom stereocenters. The number of nitrogen functional groups attached to an aromatic ring is 1. The molecule has 1 saturated heterocycles. The average molecular weight is 586 g/mol. The summed E-state index contributed by atoms with van der Waals surface area (Å²) >= 11 is 1.27. The molecule has 3 aromatic heterocycles. The van der Waals surface area contributed by atoms with Gasteiger partial charge >= 0.3 is 12.3 Å². The number of aromatic nitrogens is 4. The molecular formula is C27H26F3N7O3S. The van der Waals surface area contributed by atoms with Gasteiger partial charge < -0.3 is 20.7 Å². The van der Waals surface area contributed by atoms with Gasteiger partial charge in [-0.2, -0.15) is 18.3 Å². The quantitative estimate of drug-likeness (QED) is 0.325. The number of nitrogens with one attached hydrogen (secondary N) is 1. The first-order valence-electron chi connectivity index (χ1n) is 12.9. The molecule has 41 heavy (non-hydrogen) atoms. The molecule has 0 saturated carbocycles. The highest BCUT2D eigenvalue weighted by molar-refractivity contribution is 7.19. The van der Waals surface area contributed by atoms with Crippen LogP contribution >= 0.6 is 11.3 Å². The molecule has 4 aromatic rings. The number of amides is 2. The van der Waals surface area contributed by atoms with E-state index in [1.807, 2.05) is 39.0 Å². The third kappa shape index (κ3) is 4.65. The fourth-order valence-corrected chi connectivity index (χ4v) is 6.16. The smallest absolute Gasteiger partial charge is 0.419 e. The Morgan fingerprint density at radius 3 is 2.51 bits per heavy atom. The summed E-state index contributed by atoms with van der Waals surface area (Å²) in [5.74, 6) is -0.714. The first-order chi connectivity index (χ1) is 19.2. The van der Waals surface area contributed by atoms with Crippen molar-refractivity contribution in [2.24, 2.45) is 0 Å². The number of likely N-dealkylation sites (tertiary alicyclic amines) is 1. The largest absolute Gasteiger partial charge is 0.444 e. The lowest BCUT2D eigenvalue weighted by atomic mass is 9.73.